The summed E-state index contributed by atoms with van der Waals surface area (Å²) in [7, 11) is 1.06. The van der Waals surface area contributed by atoms with Crippen molar-refractivity contribution in [1.29, 1.82) is 0 Å². The lowest BCUT2D eigenvalue weighted by atomic mass is 9.79. The fourth-order valence-electron chi connectivity index (χ4n) is 3.34. The van der Waals surface area contributed by atoms with Crippen LogP contribution in [0.3, 0.4) is 0 Å². The van der Waals surface area contributed by atoms with Gasteiger partial charge >= 0.3 is 29.9 Å². The van der Waals surface area contributed by atoms with Gasteiger partial charge in [-0.25, -0.2) is 9.18 Å². The molecule has 1 atom stereocenters. The first kappa shape index (κ1) is 25.5. The second-order valence-electron chi connectivity index (χ2n) is 7.00. The van der Waals surface area contributed by atoms with Crippen LogP contribution >= 0.6 is 0 Å². The molecule has 0 fully saturated rings. The van der Waals surface area contributed by atoms with Gasteiger partial charge in [0.25, 0.3) is 0 Å². The molecular formula is C21H17F9O2. The number of carbonyl (C=O) groups is 1. The Bertz CT molecular complexity index is 992. The molecule has 0 N–H and O–H groups in total. The molecule has 0 aliphatic rings. The average molecular weight is 472 g/mol. The molecule has 0 saturated heterocycles. The van der Waals surface area contributed by atoms with Crippen molar-refractivity contribution in [3.63, 3.8) is 0 Å². The summed E-state index contributed by atoms with van der Waals surface area (Å²) >= 11 is 0. The van der Waals surface area contributed by atoms with Gasteiger partial charge in [-0.15, -0.1) is 0 Å². The molecule has 0 bridgehead atoms. The van der Waals surface area contributed by atoms with E-state index in [1.165, 1.54) is 13.0 Å². The Labute approximate surface area is 177 Å². The lowest BCUT2D eigenvalue weighted by Crippen LogP contribution is -2.60. The van der Waals surface area contributed by atoms with E-state index in [2.05, 4.69) is 4.74 Å². The van der Waals surface area contributed by atoms with E-state index in [4.69, 9.17) is 0 Å². The van der Waals surface area contributed by atoms with E-state index >= 15 is 4.39 Å². The summed E-state index contributed by atoms with van der Waals surface area (Å²) in [6.07, 6.45) is -13.6. The Balaban J connectivity index is 2.97. The molecule has 0 aliphatic heterocycles. The monoisotopic (exact) mass is 472 g/mol. The van der Waals surface area contributed by atoms with E-state index in [1.807, 2.05) is 0 Å². The largest absolute Gasteiger partial charge is 0.465 e. The number of benzene rings is 2. The van der Waals surface area contributed by atoms with Crippen molar-refractivity contribution in [2.45, 2.75) is 44.2 Å². The number of hydrogen-bond acceptors (Lipinski definition) is 2. The highest BCUT2D eigenvalue weighted by molar-refractivity contribution is 5.90. The maximum absolute atomic E-state index is 15.3. The maximum atomic E-state index is 15.3. The fraction of sp³-hybridized carbons (Fsp3) is 0.381. The van der Waals surface area contributed by atoms with Crippen LogP contribution < -0.4 is 0 Å². The molecule has 0 heterocycles. The minimum atomic E-state index is -6.83. The van der Waals surface area contributed by atoms with Crippen LogP contribution in [0.25, 0.3) is 11.1 Å². The number of carbonyl (C=O) groups excluding carboxylic acids is 1. The highest BCUT2D eigenvalue weighted by atomic mass is 19.4. The Morgan fingerprint density at radius 1 is 0.875 bits per heavy atom. The van der Waals surface area contributed by atoms with Gasteiger partial charge in [0.15, 0.2) is 0 Å². The molecule has 2 aromatic rings. The summed E-state index contributed by atoms with van der Waals surface area (Å²) in [6.45, 7) is 2.57. The zero-order chi connectivity index (χ0) is 24.7. The van der Waals surface area contributed by atoms with Gasteiger partial charge in [0.05, 0.1) is 12.7 Å². The van der Waals surface area contributed by atoms with Crippen molar-refractivity contribution < 1.29 is 49.0 Å². The van der Waals surface area contributed by atoms with Crippen molar-refractivity contribution in [3.05, 3.63) is 58.7 Å². The van der Waals surface area contributed by atoms with Crippen LogP contribution in [0.4, 0.5) is 39.5 Å². The molecule has 2 aromatic carbocycles. The molecule has 1 unspecified atom stereocenters. The predicted molar refractivity (Wildman–Crippen MR) is 97.2 cm³/mol. The summed E-state index contributed by atoms with van der Waals surface area (Å²) in [5, 5.41) is 0. The van der Waals surface area contributed by atoms with Gasteiger partial charge in [0.1, 0.15) is 0 Å². The summed E-state index contributed by atoms with van der Waals surface area (Å²) in [4.78, 5) is 11.6. The van der Waals surface area contributed by atoms with Crippen LogP contribution in [-0.4, -0.2) is 31.4 Å². The van der Waals surface area contributed by atoms with Crippen molar-refractivity contribution in [1.82, 2.24) is 0 Å². The summed E-state index contributed by atoms with van der Waals surface area (Å²) < 4.78 is 128. The second kappa shape index (κ2) is 8.32. The number of esters is 1. The SMILES string of the molecule is CCc1cc(C)cc(C(F)(C(F)(F)F)C(F)(F)C(F)(F)F)c1-c1ccc(C(=O)OC)cc1. The van der Waals surface area contributed by atoms with E-state index in [-0.39, 0.29) is 28.7 Å². The first-order valence-corrected chi connectivity index (χ1v) is 9.05. The highest BCUT2D eigenvalue weighted by Crippen LogP contribution is 2.60. The highest BCUT2D eigenvalue weighted by Gasteiger charge is 2.82. The number of ether oxygens (including phenoxy) is 1. The number of halogens is 9. The maximum Gasteiger partial charge on any atom is 0.457 e. The molecule has 11 heteroatoms. The Morgan fingerprint density at radius 3 is 1.81 bits per heavy atom. The standard InChI is InChI=1S/C21H17F9O2/c1-4-12-9-11(2)10-15(16(12)13-5-7-14(8-6-13)17(31)32-3)18(22,20(25,26)27)19(23,24)21(28,29)30/h5-10H,4H2,1-3H3. The van der Waals surface area contributed by atoms with Crippen LogP contribution in [0.5, 0.6) is 0 Å². The number of methoxy groups -OCH3 is 1. The van der Waals surface area contributed by atoms with Gasteiger partial charge in [-0.3, -0.25) is 0 Å². The Hall–Kier alpha value is -2.72. The number of aryl methyl sites for hydroxylation is 2. The fourth-order valence-corrected chi connectivity index (χ4v) is 3.34. The molecule has 176 valence electrons. The molecular weight excluding hydrogens is 455 g/mol. The van der Waals surface area contributed by atoms with Crippen LogP contribution in [0.15, 0.2) is 36.4 Å². The van der Waals surface area contributed by atoms with Gasteiger partial charge in [-0.05, 0) is 42.2 Å². The summed E-state index contributed by atoms with van der Waals surface area (Å²) in [5.74, 6) is -7.62. The smallest absolute Gasteiger partial charge is 0.457 e. The molecule has 0 aromatic heterocycles. The molecule has 2 rings (SSSR count). The third-order valence-electron chi connectivity index (χ3n) is 4.89. The van der Waals surface area contributed by atoms with Gasteiger partial charge < -0.3 is 4.74 Å². The predicted octanol–water partition coefficient (Wildman–Crippen LogP) is 6.94. The van der Waals surface area contributed by atoms with Gasteiger partial charge in [-0.1, -0.05) is 36.8 Å². The van der Waals surface area contributed by atoms with Gasteiger partial charge in [-0.2, -0.15) is 35.1 Å². The molecule has 0 saturated carbocycles. The zero-order valence-electron chi connectivity index (χ0n) is 16.9. The van der Waals surface area contributed by atoms with Crippen LogP contribution in [0.2, 0.25) is 0 Å². The van der Waals surface area contributed by atoms with Crippen molar-refractivity contribution in [2.75, 3.05) is 7.11 Å². The van der Waals surface area contributed by atoms with Crippen molar-refractivity contribution in [3.8, 4) is 11.1 Å². The topological polar surface area (TPSA) is 26.3 Å². The van der Waals surface area contributed by atoms with E-state index in [0.29, 0.717) is 6.07 Å². The zero-order valence-corrected chi connectivity index (χ0v) is 16.9. The van der Waals surface area contributed by atoms with E-state index in [0.717, 1.165) is 38.3 Å². The lowest BCUT2D eigenvalue weighted by molar-refractivity contribution is -0.389. The third kappa shape index (κ3) is 4.04. The van der Waals surface area contributed by atoms with E-state index in [9.17, 15) is 39.9 Å². The third-order valence-corrected chi connectivity index (χ3v) is 4.89. The normalized spacial score (nSPS) is 14.8. The minimum absolute atomic E-state index is 0.0640. The van der Waals surface area contributed by atoms with Crippen LogP contribution in [0.1, 0.15) is 34.0 Å². The molecule has 2 nitrogen and oxygen atoms in total. The van der Waals surface area contributed by atoms with Gasteiger partial charge in [0, 0.05) is 5.56 Å². The molecule has 32 heavy (non-hydrogen) atoms. The number of hydrogen-bond donors (Lipinski definition) is 0. The van der Waals surface area contributed by atoms with Crippen molar-refractivity contribution >= 4 is 5.97 Å². The summed E-state index contributed by atoms with van der Waals surface area (Å²) in [5.41, 5.74) is -9.29. The number of rotatable bonds is 5. The van der Waals surface area contributed by atoms with Crippen molar-refractivity contribution in [2.24, 2.45) is 0 Å². The first-order chi connectivity index (χ1) is 14.5. The van der Waals surface area contributed by atoms with Crippen LogP contribution in [-0.2, 0) is 16.8 Å². The Kier molecular flexibility index (Phi) is 6.64. The number of alkyl halides is 9. The molecule has 0 spiro atoms. The molecule has 0 radical (unpaired) electrons. The first-order valence-electron chi connectivity index (χ1n) is 9.05. The van der Waals surface area contributed by atoms with E-state index < -0.39 is 41.0 Å². The van der Waals surface area contributed by atoms with E-state index in [1.54, 1.807) is 0 Å². The second-order valence-corrected chi connectivity index (χ2v) is 7.00. The average Bonchev–Trinajstić information content (AvgIpc) is 2.70. The van der Waals surface area contributed by atoms with Crippen LogP contribution in [0, 0.1) is 6.92 Å². The lowest BCUT2D eigenvalue weighted by Gasteiger charge is -2.38. The molecule has 0 aliphatic carbocycles. The Morgan fingerprint density at radius 2 is 1.41 bits per heavy atom. The minimum Gasteiger partial charge on any atom is -0.465 e. The quantitative estimate of drug-likeness (QED) is 0.348. The molecule has 0 amide bonds. The summed E-state index contributed by atoms with van der Waals surface area (Å²) in [6, 6.07) is 5.76. The van der Waals surface area contributed by atoms with Gasteiger partial charge in [0.2, 0.25) is 0 Å².